The van der Waals surface area contributed by atoms with Crippen molar-refractivity contribution in [3.05, 3.63) is 57.6 Å². The molecule has 0 bridgehead atoms. The highest BCUT2D eigenvalue weighted by molar-refractivity contribution is 6.32. The third-order valence-corrected chi connectivity index (χ3v) is 3.58. The summed E-state index contributed by atoms with van der Waals surface area (Å²) in [6.07, 6.45) is 1.73. The molecule has 0 saturated carbocycles. The Balaban J connectivity index is 2.48. The molecule has 0 atom stereocenters. The Morgan fingerprint density at radius 2 is 1.77 bits per heavy atom. The van der Waals surface area contributed by atoms with Crippen LogP contribution in [0.4, 0.5) is 0 Å². The summed E-state index contributed by atoms with van der Waals surface area (Å²) in [6, 6.07) is 12.7. The maximum atomic E-state index is 9.37. The Morgan fingerprint density at radius 1 is 1.09 bits per heavy atom. The molecule has 0 spiro atoms. The zero-order chi connectivity index (χ0) is 16.1. The van der Waals surface area contributed by atoms with Crippen LogP contribution in [0.15, 0.2) is 36.4 Å². The number of nitriles is 1. The third kappa shape index (κ3) is 3.54. The van der Waals surface area contributed by atoms with Crippen LogP contribution in [0.25, 0.3) is 11.6 Å². The lowest BCUT2D eigenvalue weighted by Gasteiger charge is -2.10. The molecular weight excluding hydrogens is 321 g/mol. The fourth-order valence-electron chi connectivity index (χ4n) is 2.00. The summed E-state index contributed by atoms with van der Waals surface area (Å²) in [5.41, 5.74) is 2.02. The minimum absolute atomic E-state index is 0.418. The number of methoxy groups -OCH3 is 2. The molecule has 0 saturated heterocycles. The van der Waals surface area contributed by atoms with E-state index < -0.39 is 0 Å². The maximum Gasteiger partial charge on any atom is 0.179 e. The Kier molecular flexibility index (Phi) is 5.32. The van der Waals surface area contributed by atoms with E-state index in [-0.39, 0.29) is 0 Å². The first kappa shape index (κ1) is 16.2. The van der Waals surface area contributed by atoms with Crippen LogP contribution in [0.5, 0.6) is 11.5 Å². The van der Waals surface area contributed by atoms with E-state index >= 15 is 0 Å². The first-order chi connectivity index (χ1) is 10.6. The zero-order valence-electron chi connectivity index (χ0n) is 12.1. The predicted molar refractivity (Wildman–Crippen MR) is 89.5 cm³/mol. The summed E-state index contributed by atoms with van der Waals surface area (Å²) in [5.74, 6) is 0.973. The van der Waals surface area contributed by atoms with E-state index in [1.807, 2.05) is 0 Å². The average molecular weight is 334 g/mol. The van der Waals surface area contributed by atoms with Crippen molar-refractivity contribution in [1.29, 1.82) is 5.26 Å². The summed E-state index contributed by atoms with van der Waals surface area (Å²) >= 11 is 12.0. The molecule has 0 radical (unpaired) electrons. The molecule has 0 aliphatic heterocycles. The lowest BCUT2D eigenvalue weighted by Crippen LogP contribution is -1.92. The third-order valence-electron chi connectivity index (χ3n) is 3.04. The second-order valence-electron chi connectivity index (χ2n) is 4.41. The van der Waals surface area contributed by atoms with Gasteiger partial charge in [-0.3, -0.25) is 0 Å². The molecule has 0 heterocycles. The van der Waals surface area contributed by atoms with Gasteiger partial charge in [0.25, 0.3) is 0 Å². The van der Waals surface area contributed by atoms with E-state index in [9.17, 15) is 5.26 Å². The normalized spacial score (nSPS) is 11.0. The highest BCUT2D eigenvalue weighted by atomic mass is 35.5. The lowest BCUT2D eigenvalue weighted by atomic mass is 10.0. The van der Waals surface area contributed by atoms with Gasteiger partial charge >= 0.3 is 0 Å². The monoisotopic (exact) mass is 333 g/mol. The molecular formula is C17H13Cl2NO2. The highest BCUT2D eigenvalue weighted by Gasteiger charge is 2.11. The number of ether oxygens (including phenoxy) is 2. The van der Waals surface area contributed by atoms with Crippen molar-refractivity contribution in [2.45, 2.75) is 0 Å². The minimum Gasteiger partial charge on any atom is -0.493 e. The van der Waals surface area contributed by atoms with Crippen LogP contribution in [0.2, 0.25) is 10.0 Å². The van der Waals surface area contributed by atoms with Gasteiger partial charge in [-0.1, -0.05) is 35.3 Å². The summed E-state index contributed by atoms with van der Waals surface area (Å²) in [5, 5.41) is 10.4. The molecule has 0 amide bonds. The topological polar surface area (TPSA) is 42.2 Å². The summed E-state index contributed by atoms with van der Waals surface area (Å²) in [4.78, 5) is 0. The van der Waals surface area contributed by atoms with Crippen molar-refractivity contribution >= 4 is 34.9 Å². The fraction of sp³-hybridized carbons (Fsp3) is 0.118. The van der Waals surface area contributed by atoms with Gasteiger partial charge in [0, 0.05) is 5.02 Å². The van der Waals surface area contributed by atoms with Crippen molar-refractivity contribution < 1.29 is 9.47 Å². The summed E-state index contributed by atoms with van der Waals surface area (Å²) in [6.45, 7) is 0. The van der Waals surface area contributed by atoms with Crippen LogP contribution in [0.1, 0.15) is 11.1 Å². The fourth-order valence-corrected chi connectivity index (χ4v) is 2.42. The van der Waals surface area contributed by atoms with E-state index in [1.54, 1.807) is 42.5 Å². The van der Waals surface area contributed by atoms with Crippen molar-refractivity contribution in [2.75, 3.05) is 14.2 Å². The van der Waals surface area contributed by atoms with Gasteiger partial charge in [0.05, 0.1) is 30.9 Å². The molecule has 2 aromatic carbocycles. The van der Waals surface area contributed by atoms with Crippen LogP contribution >= 0.6 is 23.2 Å². The lowest BCUT2D eigenvalue weighted by molar-refractivity contribution is 0.355. The van der Waals surface area contributed by atoms with Gasteiger partial charge in [0.2, 0.25) is 0 Å². The van der Waals surface area contributed by atoms with E-state index in [1.165, 1.54) is 14.2 Å². The number of hydrogen-bond donors (Lipinski definition) is 0. The molecule has 0 N–H and O–H groups in total. The molecule has 2 aromatic rings. The molecule has 0 unspecified atom stereocenters. The smallest absolute Gasteiger partial charge is 0.179 e. The number of rotatable bonds is 4. The molecule has 0 aliphatic rings. The SMILES string of the molecule is COc1cc(C=C(C#N)c2ccc(Cl)cc2)cc(Cl)c1OC. The van der Waals surface area contributed by atoms with Crippen molar-refractivity contribution in [2.24, 2.45) is 0 Å². The van der Waals surface area contributed by atoms with Crippen LogP contribution in [0, 0.1) is 11.3 Å². The molecule has 0 aromatic heterocycles. The van der Waals surface area contributed by atoms with Crippen LogP contribution in [0.3, 0.4) is 0 Å². The van der Waals surface area contributed by atoms with E-state index in [0.29, 0.717) is 27.1 Å². The second-order valence-corrected chi connectivity index (χ2v) is 5.26. The number of nitrogens with zero attached hydrogens (tertiary/aromatic N) is 1. The first-order valence-electron chi connectivity index (χ1n) is 6.38. The number of hydrogen-bond acceptors (Lipinski definition) is 3. The van der Waals surface area contributed by atoms with Crippen LogP contribution < -0.4 is 9.47 Å². The van der Waals surface area contributed by atoms with Gasteiger partial charge < -0.3 is 9.47 Å². The van der Waals surface area contributed by atoms with Gasteiger partial charge in [-0.05, 0) is 41.5 Å². The number of allylic oxidation sites excluding steroid dienone is 1. The van der Waals surface area contributed by atoms with E-state index in [2.05, 4.69) is 6.07 Å². The first-order valence-corrected chi connectivity index (χ1v) is 7.14. The van der Waals surface area contributed by atoms with E-state index in [4.69, 9.17) is 32.7 Å². The average Bonchev–Trinajstić information content (AvgIpc) is 2.53. The molecule has 112 valence electrons. The van der Waals surface area contributed by atoms with E-state index in [0.717, 1.165) is 11.1 Å². The Hall–Kier alpha value is -2.15. The van der Waals surface area contributed by atoms with Gasteiger partial charge in [0.1, 0.15) is 0 Å². The van der Waals surface area contributed by atoms with Gasteiger partial charge in [0.15, 0.2) is 11.5 Å². The molecule has 22 heavy (non-hydrogen) atoms. The zero-order valence-corrected chi connectivity index (χ0v) is 13.6. The molecule has 0 fully saturated rings. The quantitative estimate of drug-likeness (QED) is 0.579. The number of halogens is 2. The van der Waals surface area contributed by atoms with Crippen LogP contribution in [-0.4, -0.2) is 14.2 Å². The largest absolute Gasteiger partial charge is 0.493 e. The summed E-state index contributed by atoms with van der Waals surface area (Å²) < 4.78 is 10.4. The van der Waals surface area contributed by atoms with Gasteiger partial charge in [-0.15, -0.1) is 0 Å². The van der Waals surface area contributed by atoms with Gasteiger partial charge in [-0.2, -0.15) is 5.26 Å². The Labute approximate surface area is 139 Å². The molecule has 0 aliphatic carbocycles. The number of benzene rings is 2. The summed E-state index contributed by atoms with van der Waals surface area (Å²) in [7, 11) is 3.06. The van der Waals surface area contributed by atoms with Gasteiger partial charge in [-0.25, -0.2) is 0 Å². The van der Waals surface area contributed by atoms with Crippen molar-refractivity contribution in [1.82, 2.24) is 0 Å². The standard InChI is InChI=1S/C17H13Cl2NO2/c1-21-16-9-11(8-15(19)17(16)22-2)7-13(10-20)12-3-5-14(18)6-4-12/h3-9H,1-2H3. The highest BCUT2D eigenvalue weighted by Crippen LogP contribution is 2.37. The van der Waals surface area contributed by atoms with Crippen LogP contribution in [-0.2, 0) is 0 Å². The second kappa shape index (κ2) is 7.22. The Bertz CT molecular complexity index is 746. The minimum atomic E-state index is 0.418. The van der Waals surface area contributed by atoms with Crippen molar-refractivity contribution in [3.63, 3.8) is 0 Å². The molecule has 3 nitrogen and oxygen atoms in total. The van der Waals surface area contributed by atoms with Crippen molar-refractivity contribution in [3.8, 4) is 17.6 Å². The molecule has 2 rings (SSSR count). The maximum absolute atomic E-state index is 9.37. The predicted octanol–water partition coefficient (Wildman–Crippen LogP) is 5.07. The molecule has 5 heteroatoms. The Morgan fingerprint density at radius 3 is 2.32 bits per heavy atom.